The van der Waals surface area contributed by atoms with Gasteiger partial charge in [0.15, 0.2) is 0 Å². The number of hydrogen-bond donors (Lipinski definition) is 1. The number of ether oxygens (including phenoxy) is 2. The predicted molar refractivity (Wildman–Crippen MR) is 70.4 cm³/mol. The fourth-order valence-electron chi connectivity index (χ4n) is 1.84. The Morgan fingerprint density at radius 3 is 2.78 bits per heavy atom. The van der Waals surface area contributed by atoms with Gasteiger partial charge in [-0.15, -0.1) is 0 Å². The predicted octanol–water partition coefficient (Wildman–Crippen LogP) is 1.75. The summed E-state index contributed by atoms with van der Waals surface area (Å²) in [5, 5.41) is 0. The molecule has 0 bridgehead atoms. The zero-order chi connectivity index (χ0) is 13.8. The van der Waals surface area contributed by atoms with Gasteiger partial charge in [0.2, 0.25) is 0 Å². The Bertz CT molecular complexity index is 274. The lowest BCUT2D eigenvalue weighted by atomic mass is 10.1. The number of nitrogens with two attached hydrogens (primary N) is 1. The van der Waals surface area contributed by atoms with Crippen LogP contribution in [0.4, 0.5) is 4.79 Å². The molecule has 0 spiro atoms. The van der Waals surface area contributed by atoms with Crippen LogP contribution in [0.2, 0.25) is 0 Å². The topological polar surface area (TPSA) is 64.8 Å². The lowest BCUT2D eigenvalue weighted by Gasteiger charge is -2.34. The maximum atomic E-state index is 11.9. The Morgan fingerprint density at radius 1 is 1.56 bits per heavy atom. The molecule has 1 unspecified atom stereocenters. The number of nitrogens with zero attached hydrogens (tertiary/aromatic N) is 1. The Morgan fingerprint density at radius 2 is 2.22 bits per heavy atom. The summed E-state index contributed by atoms with van der Waals surface area (Å²) in [5.41, 5.74) is 5.28. The molecule has 2 N–H and O–H groups in total. The van der Waals surface area contributed by atoms with Crippen LogP contribution in [0, 0.1) is 0 Å². The van der Waals surface area contributed by atoms with Crippen molar-refractivity contribution in [3.8, 4) is 0 Å². The van der Waals surface area contributed by atoms with Gasteiger partial charge < -0.3 is 20.1 Å². The smallest absolute Gasteiger partial charge is 0.410 e. The van der Waals surface area contributed by atoms with Crippen LogP contribution in [-0.4, -0.2) is 48.4 Å². The number of morpholine rings is 1. The second-order valence-corrected chi connectivity index (χ2v) is 5.97. The third kappa shape index (κ3) is 5.69. The molecule has 1 aliphatic rings. The van der Waals surface area contributed by atoms with E-state index in [4.69, 9.17) is 15.2 Å². The molecule has 0 aromatic carbocycles. The first-order valence-electron chi connectivity index (χ1n) is 6.63. The van der Waals surface area contributed by atoms with Gasteiger partial charge in [-0.1, -0.05) is 0 Å². The van der Waals surface area contributed by atoms with Crippen LogP contribution in [0.15, 0.2) is 0 Å². The van der Waals surface area contributed by atoms with Crippen molar-refractivity contribution >= 4 is 6.09 Å². The molecule has 1 heterocycles. The molecule has 1 saturated heterocycles. The Balaban J connectivity index is 2.40. The first-order chi connectivity index (χ1) is 8.28. The summed E-state index contributed by atoms with van der Waals surface area (Å²) in [6, 6.07) is 0.172. The molecule has 2 atom stereocenters. The van der Waals surface area contributed by atoms with Gasteiger partial charge in [-0.2, -0.15) is 0 Å². The maximum absolute atomic E-state index is 11.9. The maximum Gasteiger partial charge on any atom is 0.410 e. The number of hydrogen-bond acceptors (Lipinski definition) is 4. The summed E-state index contributed by atoms with van der Waals surface area (Å²) >= 11 is 0. The van der Waals surface area contributed by atoms with Crippen molar-refractivity contribution in [1.29, 1.82) is 0 Å². The van der Waals surface area contributed by atoms with E-state index in [1.54, 1.807) is 4.90 Å². The van der Waals surface area contributed by atoms with E-state index in [-0.39, 0.29) is 18.2 Å². The van der Waals surface area contributed by atoms with Crippen LogP contribution < -0.4 is 5.73 Å². The van der Waals surface area contributed by atoms with Crippen LogP contribution >= 0.6 is 0 Å². The number of rotatable bonds is 3. The van der Waals surface area contributed by atoms with Gasteiger partial charge >= 0.3 is 6.09 Å². The lowest BCUT2D eigenvalue weighted by molar-refractivity contribution is -0.0453. The highest BCUT2D eigenvalue weighted by Crippen LogP contribution is 2.15. The SMILES string of the molecule is C[C@H](N)CCC1CN(C(=O)OC(C)(C)C)CCO1. The Kier molecular flexibility index (Phi) is 5.41. The molecule has 106 valence electrons. The van der Waals surface area contributed by atoms with Gasteiger partial charge in [-0.05, 0) is 40.5 Å². The lowest BCUT2D eigenvalue weighted by Crippen LogP contribution is -2.47. The first-order valence-corrected chi connectivity index (χ1v) is 6.63. The van der Waals surface area contributed by atoms with Crippen molar-refractivity contribution < 1.29 is 14.3 Å². The zero-order valence-corrected chi connectivity index (χ0v) is 11.9. The fourth-order valence-corrected chi connectivity index (χ4v) is 1.84. The quantitative estimate of drug-likeness (QED) is 0.837. The highest BCUT2D eigenvalue weighted by molar-refractivity contribution is 5.68. The molecule has 1 rings (SSSR count). The summed E-state index contributed by atoms with van der Waals surface area (Å²) in [4.78, 5) is 13.6. The Hall–Kier alpha value is -0.810. The third-order valence-electron chi connectivity index (χ3n) is 2.73. The summed E-state index contributed by atoms with van der Waals surface area (Å²) < 4.78 is 11.0. The first kappa shape index (κ1) is 15.2. The molecule has 0 aliphatic carbocycles. The minimum atomic E-state index is -0.448. The molecule has 1 fully saturated rings. The van der Waals surface area contributed by atoms with Gasteiger partial charge in [0.25, 0.3) is 0 Å². The van der Waals surface area contributed by atoms with Crippen molar-refractivity contribution in [2.45, 2.75) is 58.3 Å². The third-order valence-corrected chi connectivity index (χ3v) is 2.73. The molecule has 0 aromatic heterocycles. The molecule has 0 radical (unpaired) electrons. The monoisotopic (exact) mass is 258 g/mol. The van der Waals surface area contributed by atoms with Crippen molar-refractivity contribution in [2.75, 3.05) is 19.7 Å². The van der Waals surface area contributed by atoms with Crippen molar-refractivity contribution in [3.05, 3.63) is 0 Å². The van der Waals surface area contributed by atoms with Gasteiger partial charge in [0.1, 0.15) is 5.60 Å². The Labute approximate surface area is 110 Å². The standard InChI is InChI=1S/C13H26N2O3/c1-10(14)5-6-11-9-15(7-8-17-11)12(16)18-13(2,3)4/h10-11H,5-9,14H2,1-4H3/t10-,11?/m0/s1. The summed E-state index contributed by atoms with van der Waals surface area (Å²) in [7, 11) is 0. The number of amides is 1. The molecule has 5 heteroatoms. The summed E-state index contributed by atoms with van der Waals surface area (Å²) in [5.74, 6) is 0. The summed E-state index contributed by atoms with van der Waals surface area (Å²) in [6.45, 7) is 9.37. The van der Waals surface area contributed by atoms with E-state index in [0.717, 1.165) is 12.8 Å². The molecule has 1 aliphatic heterocycles. The zero-order valence-electron chi connectivity index (χ0n) is 11.9. The minimum Gasteiger partial charge on any atom is -0.444 e. The van der Waals surface area contributed by atoms with Crippen molar-refractivity contribution in [2.24, 2.45) is 5.73 Å². The molecule has 5 nitrogen and oxygen atoms in total. The molecular weight excluding hydrogens is 232 g/mol. The molecule has 0 aromatic rings. The van der Waals surface area contributed by atoms with Crippen molar-refractivity contribution in [3.63, 3.8) is 0 Å². The fraction of sp³-hybridized carbons (Fsp3) is 0.923. The average molecular weight is 258 g/mol. The van der Waals surface area contributed by atoms with E-state index in [1.165, 1.54) is 0 Å². The molecule has 1 amide bonds. The van der Waals surface area contributed by atoms with Crippen LogP contribution in [0.5, 0.6) is 0 Å². The van der Waals surface area contributed by atoms with Gasteiger partial charge in [0.05, 0.1) is 19.3 Å². The van der Waals surface area contributed by atoms with Crippen LogP contribution in [0.1, 0.15) is 40.5 Å². The van der Waals surface area contributed by atoms with Crippen LogP contribution in [-0.2, 0) is 9.47 Å². The second-order valence-electron chi connectivity index (χ2n) is 5.97. The van der Waals surface area contributed by atoms with E-state index in [9.17, 15) is 4.79 Å². The summed E-state index contributed by atoms with van der Waals surface area (Å²) in [6.07, 6.45) is 1.62. The largest absolute Gasteiger partial charge is 0.444 e. The van der Waals surface area contributed by atoms with Gasteiger partial charge in [0, 0.05) is 12.6 Å². The van der Waals surface area contributed by atoms with Crippen LogP contribution in [0.25, 0.3) is 0 Å². The van der Waals surface area contributed by atoms with E-state index < -0.39 is 5.60 Å². The highest BCUT2D eigenvalue weighted by atomic mass is 16.6. The number of carbonyl (C=O) groups excluding carboxylic acids is 1. The average Bonchev–Trinajstić information content (AvgIpc) is 2.24. The number of carbonyl (C=O) groups is 1. The van der Waals surface area contributed by atoms with Gasteiger partial charge in [-0.25, -0.2) is 4.79 Å². The molecule has 18 heavy (non-hydrogen) atoms. The molecule has 0 saturated carbocycles. The van der Waals surface area contributed by atoms with E-state index in [2.05, 4.69) is 0 Å². The van der Waals surface area contributed by atoms with E-state index >= 15 is 0 Å². The highest BCUT2D eigenvalue weighted by Gasteiger charge is 2.27. The molecular formula is C13H26N2O3. The van der Waals surface area contributed by atoms with Crippen LogP contribution in [0.3, 0.4) is 0 Å². The normalized spacial score (nSPS) is 22.7. The van der Waals surface area contributed by atoms with Gasteiger partial charge in [-0.3, -0.25) is 0 Å². The van der Waals surface area contributed by atoms with Crippen molar-refractivity contribution in [1.82, 2.24) is 4.90 Å². The van der Waals surface area contributed by atoms with E-state index in [1.807, 2.05) is 27.7 Å². The second kappa shape index (κ2) is 6.38. The van der Waals surface area contributed by atoms with E-state index in [0.29, 0.717) is 19.7 Å². The minimum absolute atomic E-state index is 0.0808.